The maximum atomic E-state index is 12.7. The van der Waals surface area contributed by atoms with Crippen molar-refractivity contribution >= 4 is 44.5 Å². The van der Waals surface area contributed by atoms with Gasteiger partial charge in [-0.25, -0.2) is 18.4 Å². The molecule has 178 valence electrons. The summed E-state index contributed by atoms with van der Waals surface area (Å²) in [6.07, 6.45) is 1.17. The molecule has 0 spiro atoms. The Morgan fingerprint density at radius 3 is 1.82 bits per heavy atom. The van der Waals surface area contributed by atoms with Crippen LogP contribution in [-0.2, 0) is 10.0 Å². The molecule has 2 aromatic carbocycles. The van der Waals surface area contributed by atoms with Gasteiger partial charge in [-0.05, 0) is 55.5 Å². The molecule has 0 saturated carbocycles. The molecule has 11 nitrogen and oxygen atoms in total. The Hall–Kier alpha value is -3.90. The highest BCUT2D eigenvalue weighted by molar-refractivity contribution is 7.89. The highest BCUT2D eigenvalue weighted by Crippen LogP contribution is 2.33. The van der Waals surface area contributed by atoms with Crippen molar-refractivity contribution < 1.29 is 18.1 Å². The summed E-state index contributed by atoms with van der Waals surface area (Å²) in [4.78, 5) is 30.7. The van der Waals surface area contributed by atoms with Gasteiger partial charge in [0.1, 0.15) is 6.33 Å². The number of rotatable bonds is 10. The van der Waals surface area contributed by atoms with Gasteiger partial charge in [-0.15, -0.1) is 0 Å². The molecule has 3 rings (SSSR count). The van der Waals surface area contributed by atoms with E-state index in [1.54, 1.807) is 38.1 Å². The van der Waals surface area contributed by atoms with Crippen LogP contribution in [0, 0.1) is 10.1 Å². The Labute approximate surface area is 197 Å². The van der Waals surface area contributed by atoms with E-state index in [0.717, 1.165) is 0 Å². The SMILES string of the molecule is CCN(CC)S(=O)(=O)c1ccc(Nc2ncnc(Nc3ccc(C(C)=O)cc3)c2[N+](=O)[O-])cc1. The number of aromatic nitrogens is 2. The fourth-order valence-electron chi connectivity index (χ4n) is 3.22. The lowest BCUT2D eigenvalue weighted by molar-refractivity contribution is -0.383. The third-order valence-electron chi connectivity index (χ3n) is 5.02. The minimum atomic E-state index is -3.62. The molecule has 34 heavy (non-hydrogen) atoms. The minimum Gasteiger partial charge on any atom is -0.334 e. The molecule has 0 unspecified atom stereocenters. The van der Waals surface area contributed by atoms with Gasteiger partial charge in [0.2, 0.25) is 21.7 Å². The average molecular weight is 485 g/mol. The number of Topliss-reactive ketones (excluding diaryl/α,β-unsaturated/α-hetero) is 1. The van der Waals surface area contributed by atoms with Gasteiger partial charge in [0, 0.05) is 30.0 Å². The third-order valence-corrected chi connectivity index (χ3v) is 7.08. The second-order valence-corrected chi connectivity index (χ2v) is 9.11. The van der Waals surface area contributed by atoms with Gasteiger partial charge < -0.3 is 10.6 Å². The molecule has 0 amide bonds. The van der Waals surface area contributed by atoms with E-state index < -0.39 is 20.6 Å². The Morgan fingerprint density at radius 2 is 1.41 bits per heavy atom. The number of ketones is 1. The Balaban J connectivity index is 1.88. The molecule has 0 aliphatic heterocycles. The first-order valence-corrected chi connectivity index (χ1v) is 11.9. The molecule has 1 heterocycles. The lowest BCUT2D eigenvalue weighted by Crippen LogP contribution is -2.30. The zero-order valence-corrected chi connectivity index (χ0v) is 19.7. The Morgan fingerprint density at radius 1 is 0.941 bits per heavy atom. The monoisotopic (exact) mass is 484 g/mol. The van der Waals surface area contributed by atoms with Crippen LogP contribution in [0.15, 0.2) is 59.8 Å². The second kappa shape index (κ2) is 10.4. The van der Waals surface area contributed by atoms with Crippen molar-refractivity contribution in [1.82, 2.24) is 14.3 Å². The number of carbonyl (C=O) groups excluding carboxylic acids is 1. The number of hydrogen-bond donors (Lipinski definition) is 2. The standard InChI is InChI=1S/C22H24N6O5S/c1-4-27(5-2)34(32,33)19-12-10-18(11-13-19)26-22-20(28(30)31)21(23-14-24-22)25-17-8-6-16(7-9-17)15(3)29/h6-14H,4-5H2,1-3H3,(H2,23,24,25,26). The molecule has 0 aliphatic carbocycles. The van der Waals surface area contributed by atoms with Crippen molar-refractivity contribution in [3.63, 3.8) is 0 Å². The number of benzene rings is 2. The van der Waals surface area contributed by atoms with Crippen molar-refractivity contribution in [3.05, 3.63) is 70.5 Å². The molecule has 3 aromatic rings. The van der Waals surface area contributed by atoms with E-state index in [4.69, 9.17) is 0 Å². The van der Waals surface area contributed by atoms with Crippen molar-refractivity contribution in [2.45, 2.75) is 25.7 Å². The number of nitrogens with zero attached hydrogens (tertiary/aromatic N) is 4. The summed E-state index contributed by atoms with van der Waals surface area (Å²) in [7, 11) is -3.62. The van der Waals surface area contributed by atoms with Gasteiger partial charge in [0.25, 0.3) is 0 Å². The quantitative estimate of drug-likeness (QED) is 0.246. The summed E-state index contributed by atoms with van der Waals surface area (Å²) in [5.74, 6) is -0.206. The topological polar surface area (TPSA) is 147 Å². The molecular weight excluding hydrogens is 460 g/mol. The van der Waals surface area contributed by atoms with Crippen LogP contribution < -0.4 is 10.6 Å². The number of anilines is 4. The molecule has 0 atom stereocenters. The molecule has 1 aromatic heterocycles. The summed E-state index contributed by atoms with van der Waals surface area (Å²) < 4.78 is 26.6. The van der Waals surface area contributed by atoms with Crippen LogP contribution in [0.2, 0.25) is 0 Å². The smallest absolute Gasteiger partial charge is 0.334 e. The van der Waals surface area contributed by atoms with Crippen molar-refractivity contribution in [2.75, 3.05) is 23.7 Å². The number of sulfonamides is 1. The van der Waals surface area contributed by atoms with Crippen molar-refractivity contribution in [2.24, 2.45) is 0 Å². The van der Waals surface area contributed by atoms with E-state index in [-0.39, 0.29) is 22.3 Å². The zero-order chi connectivity index (χ0) is 24.9. The van der Waals surface area contributed by atoms with E-state index in [1.165, 1.54) is 41.8 Å². The van der Waals surface area contributed by atoms with E-state index in [0.29, 0.717) is 30.0 Å². The number of nitro groups is 1. The molecule has 0 fully saturated rings. The predicted molar refractivity (Wildman–Crippen MR) is 128 cm³/mol. The van der Waals surface area contributed by atoms with Gasteiger partial charge in [0.05, 0.1) is 9.82 Å². The normalized spacial score (nSPS) is 11.3. The highest BCUT2D eigenvalue weighted by atomic mass is 32.2. The molecule has 12 heteroatoms. The van der Waals surface area contributed by atoms with E-state index in [2.05, 4.69) is 20.6 Å². The first-order valence-electron chi connectivity index (χ1n) is 10.4. The van der Waals surface area contributed by atoms with Crippen molar-refractivity contribution in [1.29, 1.82) is 0 Å². The first kappa shape index (κ1) is 24.7. The van der Waals surface area contributed by atoms with Crippen LogP contribution in [0.25, 0.3) is 0 Å². The van der Waals surface area contributed by atoms with Gasteiger partial charge >= 0.3 is 5.69 Å². The minimum absolute atomic E-state index is 0.0428. The lowest BCUT2D eigenvalue weighted by atomic mass is 10.1. The van der Waals surface area contributed by atoms with Crippen LogP contribution in [0.4, 0.5) is 28.7 Å². The molecule has 0 saturated heterocycles. The first-order chi connectivity index (χ1) is 16.2. The van der Waals surface area contributed by atoms with E-state index in [9.17, 15) is 23.3 Å². The van der Waals surface area contributed by atoms with Crippen molar-refractivity contribution in [3.8, 4) is 0 Å². The summed E-state index contributed by atoms with van der Waals surface area (Å²) in [6, 6.07) is 12.3. The molecule has 0 radical (unpaired) electrons. The third kappa shape index (κ3) is 5.35. The summed E-state index contributed by atoms with van der Waals surface area (Å²) in [6.45, 7) is 5.66. The zero-order valence-electron chi connectivity index (χ0n) is 18.8. The van der Waals surface area contributed by atoms with E-state index in [1.807, 2.05) is 0 Å². The summed E-state index contributed by atoms with van der Waals surface area (Å²) >= 11 is 0. The Bertz CT molecular complexity index is 1290. The summed E-state index contributed by atoms with van der Waals surface area (Å²) in [5.41, 5.74) is 1.04. The van der Waals surface area contributed by atoms with Gasteiger partial charge in [0.15, 0.2) is 5.78 Å². The number of carbonyl (C=O) groups is 1. The number of nitrogens with one attached hydrogen (secondary N) is 2. The van der Waals surface area contributed by atoms with Crippen LogP contribution in [-0.4, -0.2) is 46.5 Å². The maximum Gasteiger partial charge on any atom is 0.353 e. The second-order valence-electron chi connectivity index (χ2n) is 7.17. The molecule has 0 aliphatic rings. The fourth-order valence-corrected chi connectivity index (χ4v) is 4.68. The Kier molecular flexibility index (Phi) is 7.54. The van der Waals surface area contributed by atoms with Crippen LogP contribution >= 0.6 is 0 Å². The van der Waals surface area contributed by atoms with Crippen LogP contribution in [0.5, 0.6) is 0 Å². The number of hydrogen-bond acceptors (Lipinski definition) is 9. The molecule has 2 N–H and O–H groups in total. The fraction of sp³-hybridized carbons (Fsp3) is 0.227. The van der Waals surface area contributed by atoms with Crippen LogP contribution in [0.1, 0.15) is 31.1 Å². The molecule has 0 bridgehead atoms. The van der Waals surface area contributed by atoms with E-state index >= 15 is 0 Å². The van der Waals surface area contributed by atoms with Gasteiger partial charge in [-0.3, -0.25) is 14.9 Å². The summed E-state index contributed by atoms with van der Waals surface area (Å²) in [5, 5.41) is 17.5. The molecular formula is C22H24N6O5S. The van der Waals surface area contributed by atoms with Gasteiger partial charge in [-0.1, -0.05) is 13.8 Å². The predicted octanol–water partition coefficient (Wildman–Crippen LogP) is 4.11. The average Bonchev–Trinajstić information content (AvgIpc) is 2.80. The largest absolute Gasteiger partial charge is 0.353 e. The van der Waals surface area contributed by atoms with Gasteiger partial charge in [-0.2, -0.15) is 4.31 Å². The lowest BCUT2D eigenvalue weighted by Gasteiger charge is -2.18. The maximum absolute atomic E-state index is 12.7. The van der Waals surface area contributed by atoms with Crippen LogP contribution in [0.3, 0.4) is 0 Å². The highest BCUT2D eigenvalue weighted by Gasteiger charge is 2.24.